The Kier molecular flexibility index (Phi) is 2.96. The van der Waals surface area contributed by atoms with Crippen LogP contribution in [0, 0.1) is 5.41 Å². The van der Waals surface area contributed by atoms with E-state index in [2.05, 4.69) is 20.8 Å². The molecule has 0 saturated carbocycles. The van der Waals surface area contributed by atoms with Gasteiger partial charge in [-0.1, -0.05) is 20.8 Å². The van der Waals surface area contributed by atoms with E-state index in [-0.39, 0.29) is 11.3 Å². The molecule has 0 aromatic rings. The minimum Gasteiger partial charge on any atom is -0.377 e. The lowest BCUT2D eigenvalue weighted by Crippen LogP contribution is -2.50. The number of carbonyl (C=O) groups is 1. The molecule has 0 aliphatic carbocycles. The first-order chi connectivity index (χ1) is 5.90. The quantitative estimate of drug-likeness (QED) is 0.648. The minimum absolute atomic E-state index is 0.0793. The van der Waals surface area contributed by atoms with Gasteiger partial charge in [0.15, 0.2) is 0 Å². The summed E-state index contributed by atoms with van der Waals surface area (Å²) < 4.78 is 5.04. The van der Waals surface area contributed by atoms with Gasteiger partial charge in [-0.2, -0.15) is 0 Å². The summed E-state index contributed by atoms with van der Waals surface area (Å²) in [6, 6.07) is 0.315. The lowest BCUT2D eigenvalue weighted by molar-refractivity contribution is -0.143. The van der Waals surface area contributed by atoms with E-state index in [1.165, 1.54) is 0 Å². The van der Waals surface area contributed by atoms with Crippen LogP contribution in [0.15, 0.2) is 0 Å². The van der Waals surface area contributed by atoms with E-state index in [0.717, 1.165) is 0 Å². The number of rotatable bonds is 2. The van der Waals surface area contributed by atoms with E-state index in [9.17, 15) is 4.79 Å². The molecule has 0 radical (unpaired) electrons. The molecule has 1 saturated heterocycles. The summed E-state index contributed by atoms with van der Waals surface area (Å²) >= 11 is 0. The number of ether oxygens (including phenoxy) is 1. The Labute approximate surface area is 80.1 Å². The predicted octanol–water partition coefficient (Wildman–Crippen LogP) is 1.28. The van der Waals surface area contributed by atoms with Crippen molar-refractivity contribution in [1.29, 1.82) is 0 Å². The first kappa shape index (κ1) is 10.5. The molecular weight excluding hydrogens is 166 g/mol. The Balaban J connectivity index is 2.38. The molecule has 1 aliphatic rings. The van der Waals surface area contributed by atoms with Crippen molar-refractivity contribution < 1.29 is 9.53 Å². The van der Waals surface area contributed by atoms with Gasteiger partial charge >= 0.3 is 0 Å². The van der Waals surface area contributed by atoms with Gasteiger partial charge in [0.25, 0.3) is 0 Å². The molecule has 13 heavy (non-hydrogen) atoms. The van der Waals surface area contributed by atoms with Crippen LogP contribution in [0.3, 0.4) is 0 Å². The van der Waals surface area contributed by atoms with Crippen LogP contribution in [-0.4, -0.2) is 37.1 Å². The van der Waals surface area contributed by atoms with Crippen LogP contribution in [0.5, 0.6) is 0 Å². The van der Waals surface area contributed by atoms with Crippen LogP contribution in [-0.2, 0) is 9.53 Å². The molecule has 1 fully saturated rings. The maximum absolute atomic E-state index is 11.7. The van der Waals surface area contributed by atoms with Crippen LogP contribution in [0.1, 0.15) is 27.2 Å². The summed E-state index contributed by atoms with van der Waals surface area (Å²) in [4.78, 5) is 13.5. The van der Waals surface area contributed by atoms with Crippen LogP contribution in [0.2, 0.25) is 0 Å². The van der Waals surface area contributed by atoms with Gasteiger partial charge in [-0.05, 0) is 5.41 Å². The molecule has 3 heteroatoms. The maximum Gasteiger partial charge on any atom is 0.223 e. The molecule has 0 bridgehead atoms. The standard InChI is InChI=1S/C10H19NO2/c1-10(2,3)5-9(12)11(4)8-6-13-7-8/h8H,5-7H2,1-4H3. The van der Waals surface area contributed by atoms with E-state index in [1.54, 1.807) is 0 Å². The third-order valence-electron chi connectivity index (χ3n) is 2.24. The first-order valence-corrected chi connectivity index (χ1v) is 4.73. The molecule has 0 atom stereocenters. The van der Waals surface area contributed by atoms with Crippen molar-refractivity contribution >= 4 is 5.91 Å². The molecule has 0 spiro atoms. The van der Waals surface area contributed by atoms with Crippen molar-refractivity contribution in [1.82, 2.24) is 4.90 Å². The third-order valence-corrected chi connectivity index (χ3v) is 2.24. The molecule has 0 aromatic heterocycles. The van der Waals surface area contributed by atoms with Crippen LogP contribution >= 0.6 is 0 Å². The highest BCUT2D eigenvalue weighted by Crippen LogP contribution is 2.21. The molecule has 0 unspecified atom stereocenters. The smallest absolute Gasteiger partial charge is 0.223 e. The monoisotopic (exact) mass is 185 g/mol. The highest BCUT2D eigenvalue weighted by atomic mass is 16.5. The fourth-order valence-corrected chi connectivity index (χ4v) is 1.23. The third kappa shape index (κ3) is 2.99. The number of hydrogen-bond acceptors (Lipinski definition) is 2. The SMILES string of the molecule is CN(C(=O)CC(C)(C)C)C1COC1. The summed E-state index contributed by atoms with van der Waals surface area (Å²) in [7, 11) is 1.86. The molecule has 1 heterocycles. The van der Waals surface area contributed by atoms with Crippen molar-refractivity contribution in [2.24, 2.45) is 5.41 Å². The van der Waals surface area contributed by atoms with Gasteiger partial charge in [0, 0.05) is 13.5 Å². The fraction of sp³-hybridized carbons (Fsp3) is 0.900. The fourth-order valence-electron chi connectivity index (χ4n) is 1.23. The molecule has 1 amide bonds. The van der Waals surface area contributed by atoms with Gasteiger partial charge in [0.2, 0.25) is 5.91 Å². The van der Waals surface area contributed by atoms with E-state index in [4.69, 9.17) is 4.74 Å². The molecule has 1 rings (SSSR count). The Morgan fingerprint density at radius 3 is 2.31 bits per heavy atom. The summed E-state index contributed by atoms with van der Waals surface area (Å²) in [6.45, 7) is 7.64. The Morgan fingerprint density at radius 2 is 2.00 bits per heavy atom. The molecule has 0 aromatic carbocycles. The predicted molar refractivity (Wildman–Crippen MR) is 51.4 cm³/mol. The topological polar surface area (TPSA) is 29.5 Å². The second kappa shape index (κ2) is 3.66. The second-order valence-corrected chi connectivity index (χ2v) is 4.93. The number of hydrogen-bond donors (Lipinski definition) is 0. The Bertz CT molecular complexity index is 192. The van der Waals surface area contributed by atoms with Crippen molar-refractivity contribution in [3.8, 4) is 0 Å². The van der Waals surface area contributed by atoms with Gasteiger partial charge in [-0.3, -0.25) is 4.79 Å². The van der Waals surface area contributed by atoms with Crippen molar-refractivity contribution in [2.45, 2.75) is 33.2 Å². The summed E-state index contributed by atoms with van der Waals surface area (Å²) in [6.07, 6.45) is 0.611. The highest BCUT2D eigenvalue weighted by molar-refractivity contribution is 5.77. The number of nitrogens with zero attached hydrogens (tertiary/aromatic N) is 1. The highest BCUT2D eigenvalue weighted by Gasteiger charge is 2.28. The summed E-state index contributed by atoms with van der Waals surface area (Å²) in [5.41, 5.74) is 0.0793. The largest absolute Gasteiger partial charge is 0.377 e. The lowest BCUT2D eigenvalue weighted by atomic mass is 9.91. The van der Waals surface area contributed by atoms with Crippen LogP contribution in [0.4, 0.5) is 0 Å². The van der Waals surface area contributed by atoms with Gasteiger partial charge in [0.1, 0.15) is 0 Å². The van der Waals surface area contributed by atoms with Crippen molar-refractivity contribution in [3.05, 3.63) is 0 Å². The van der Waals surface area contributed by atoms with Crippen molar-refractivity contribution in [2.75, 3.05) is 20.3 Å². The minimum atomic E-state index is 0.0793. The normalized spacial score (nSPS) is 18.2. The van der Waals surface area contributed by atoms with Gasteiger partial charge in [-0.25, -0.2) is 0 Å². The van der Waals surface area contributed by atoms with Crippen LogP contribution < -0.4 is 0 Å². The molecule has 1 aliphatic heterocycles. The molecule has 3 nitrogen and oxygen atoms in total. The number of likely N-dealkylation sites (N-methyl/N-ethyl adjacent to an activating group) is 1. The average molecular weight is 185 g/mol. The number of amides is 1. The van der Waals surface area contributed by atoms with Crippen LogP contribution in [0.25, 0.3) is 0 Å². The zero-order chi connectivity index (χ0) is 10.1. The van der Waals surface area contributed by atoms with E-state index in [0.29, 0.717) is 25.7 Å². The average Bonchev–Trinajstić information content (AvgIpc) is 1.78. The zero-order valence-corrected chi connectivity index (χ0v) is 8.96. The van der Waals surface area contributed by atoms with Gasteiger partial charge in [0.05, 0.1) is 19.3 Å². The zero-order valence-electron chi connectivity index (χ0n) is 8.96. The van der Waals surface area contributed by atoms with E-state index < -0.39 is 0 Å². The lowest BCUT2D eigenvalue weighted by Gasteiger charge is -2.35. The summed E-state index contributed by atoms with van der Waals surface area (Å²) in [5, 5.41) is 0. The van der Waals surface area contributed by atoms with Crippen molar-refractivity contribution in [3.63, 3.8) is 0 Å². The maximum atomic E-state index is 11.7. The second-order valence-electron chi connectivity index (χ2n) is 4.93. The molecule has 0 N–H and O–H groups in total. The Morgan fingerprint density at radius 1 is 1.46 bits per heavy atom. The van der Waals surface area contributed by atoms with E-state index >= 15 is 0 Å². The number of carbonyl (C=O) groups excluding carboxylic acids is 1. The molecular formula is C10H19NO2. The first-order valence-electron chi connectivity index (χ1n) is 4.73. The summed E-state index contributed by atoms with van der Waals surface area (Å²) in [5.74, 6) is 0.223. The molecule has 76 valence electrons. The van der Waals surface area contributed by atoms with Gasteiger partial charge in [-0.15, -0.1) is 0 Å². The Hall–Kier alpha value is -0.570. The van der Waals surface area contributed by atoms with Gasteiger partial charge < -0.3 is 9.64 Å². The van der Waals surface area contributed by atoms with E-state index in [1.807, 2.05) is 11.9 Å².